The van der Waals surface area contributed by atoms with Gasteiger partial charge in [0.2, 0.25) is 9.84 Å². The Bertz CT molecular complexity index is 1550. The van der Waals surface area contributed by atoms with E-state index in [4.69, 9.17) is 0 Å². The topological polar surface area (TPSA) is 86.3 Å². The van der Waals surface area contributed by atoms with Crippen LogP contribution < -0.4 is 5.56 Å². The Morgan fingerprint density at radius 1 is 0.900 bits per heavy atom. The maximum atomic E-state index is 13.0. The number of hydrogen-bond acceptors (Lipinski definition) is 5. The van der Waals surface area contributed by atoms with Gasteiger partial charge in [0.25, 0.3) is 5.56 Å². The summed E-state index contributed by atoms with van der Waals surface area (Å²) in [6.07, 6.45) is 5.05. The second-order valence-electron chi connectivity index (χ2n) is 6.85. The first-order valence-corrected chi connectivity index (χ1v) is 10.7. The number of rotatable bonds is 4. The number of fused-ring (bicyclic) bond motifs is 2. The highest BCUT2D eigenvalue weighted by Crippen LogP contribution is 2.23. The van der Waals surface area contributed by atoms with Crippen molar-refractivity contribution >= 4 is 26.3 Å². The smallest absolute Gasteiger partial charge is 0.274 e. The van der Waals surface area contributed by atoms with Crippen molar-refractivity contribution in [3.63, 3.8) is 0 Å². The molecule has 30 heavy (non-hydrogen) atoms. The number of hydrogen-bond donors (Lipinski definition) is 0. The maximum absolute atomic E-state index is 13.0. The third-order valence-electron chi connectivity index (χ3n) is 5.01. The number of aromatic nitrogens is 4. The predicted molar refractivity (Wildman–Crippen MR) is 112 cm³/mol. The maximum Gasteiger partial charge on any atom is 0.274 e. The molecule has 0 unspecified atom stereocenters. The van der Waals surface area contributed by atoms with E-state index in [1.54, 1.807) is 42.6 Å². The largest absolute Gasteiger partial charge is 0.302 e. The van der Waals surface area contributed by atoms with E-state index in [0.717, 1.165) is 11.3 Å². The Hall–Kier alpha value is -3.78. The van der Waals surface area contributed by atoms with Crippen LogP contribution in [0.3, 0.4) is 0 Å². The average Bonchev–Trinajstić information content (AvgIpc) is 3.26. The zero-order valence-corrected chi connectivity index (χ0v) is 16.5. The minimum Gasteiger partial charge on any atom is -0.302 e. The molecule has 0 radical (unpaired) electrons. The summed E-state index contributed by atoms with van der Waals surface area (Å²) in [5.41, 5.74) is 1.37. The van der Waals surface area contributed by atoms with Crippen LogP contribution in [0, 0.1) is 0 Å². The molecule has 0 amide bonds. The number of imidazole rings is 1. The second kappa shape index (κ2) is 6.93. The molecule has 2 aromatic carbocycles. The van der Waals surface area contributed by atoms with Gasteiger partial charge in [0.15, 0.2) is 0 Å². The molecule has 0 spiro atoms. The first-order valence-electron chi connectivity index (χ1n) is 9.25. The van der Waals surface area contributed by atoms with E-state index >= 15 is 0 Å². The second-order valence-corrected chi connectivity index (χ2v) is 8.80. The molecule has 0 atom stereocenters. The third-order valence-corrected chi connectivity index (χ3v) is 6.78. The molecule has 148 valence electrons. The van der Waals surface area contributed by atoms with Crippen LogP contribution in [0.25, 0.3) is 16.4 Å². The highest BCUT2D eigenvalue weighted by molar-refractivity contribution is 7.91. The Morgan fingerprint density at radius 2 is 1.73 bits per heavy atom. The van der Waals surface area contributed by atoms with E-state index in [9.17, 15) is 13.2 Å². The summed E-state index contributed by atoms with van der Waals surface area (Å²) < 4.78 is 29.0. The summed E-state index contributed by atoms with van der Waals surface area (Å²) in [6, 6.07) is 18.4. The number of pyridine rings is 1. The summed E-state index contributed by atoms with van der Waals surface area (Å²) in [5.74, 6) is 0. The van der Waals surface area contributed by atoms with Gasteiger partial charge in [-0.2, -0.15) is 5.10 Å². The molecule has 0 aliphatic carbocycles. The van der Waals surface area contributed by atoms with E-state index in [1.165, 1.54) is 23.0 Å². The lowest BCUT2D eigenvalue weighted by atomic mass is 10.2. The molecule has 0 fully saturated rings. The van der Waals surface area contributed by atoms with Crippen molar-refractivity contribution < 1.29 is 8.42 Å². The fourth-order valence-corrected chi connectivity index (χ4v) is 4.79. The van der Waals surface area contributed by atoms with Gasteiger partial charge in [-0.15, -0.1) is 0 Å². The lowest BCUT2D eigenvalue weighted by molar-refractivity contribution is 0.596. The van der Waals surface area contributed by atoms with Crippen LogP contribution in [0.4, 0.5) is 0 Å². The standard InChI is InChI=1S/C22H16N4O3S/c27-22-20-10-9-19(30(28,29)18-6-2-1-3-7-18)13-16(20)14-24-26(22)15-17-5-4-8-21-23-11-12-25(17)21/h1-14H,15H2. The molecular weight excluding hydrogens is 400 g/mol. The molecule has 5 rings (SSSR count). The molecule has 0 bridgehead atoms. The van der Waals surface area contributed by atoms with E-state index in [2.05, 4.69) is 10.1 Å². The molecule has 0 saturated heterocycles. The zero-order valence-electron chi connectivity index (χ0n) is 15.7. The molecule has 5 aromatic rings. The third kappa shape index (κ3) is 2.98. The SMILES string of the molecule is O=c1c2ccc(S(=O)(=O)c3ccccc3)cc2cnn1Cc1cccc2nccn12. The highest BCUT2D eigenvalue weighted by atomic mass is 32.2. The van der Waals surface area contributed by atoms with Gasteiger partial charge in [0.1, 0.15) is 5.65 Å². The lowest BCUT2D eigenvalue weighted by Crippen LogP contribution is -2.24. The van der Waals surface area contributed by atoms with Gasteiger partial charge in [-0.05, 0) is 42.5 Å². The summed E-state index contributed by atoms with van der Waals surface area (Å²) in [4.78, 5) is 17.5. The summed E-state index contributed by atoms with van der Waals surface area (Å²) in [7, 11) is -3.67. The highest BCUT2D eigenvalue weighted by Gasteiger charge is 2.18. The van der Waals surface area contributed by atoms with Gasteiger partial charge < -0.3 is 4.40 Å². The quantitative estimate of drug-likeness (QED) is 0.450. The van der Waals surface area contributed by atoms with Gasteiger partial charge in [-0.25, -0.2) is 18.1 Å². The minimum atomic E-state index is -3.67. The fraction of sp³-hybridized carbons (Fsp3) is 0.0455. The van der Waals surface area contributed by atoms with Gasteiger partial charge >= 0.3 is 0 Å². The molecule has 3 aromatic heterocycles. The van der Waals surface area contributed by atoms with Crippen LogP contribution in [0.1, 0.15) is 5.69 Å². The summed E-state index contributed by atoms with van der Waals surface area (Å²) in [6.45, 7) is 0.270. The zero-order chi connectivity index (χ0) is 20.7. The number of nitrogens with zero attached hydrogens (tertiary/aromatic N) is 4. The van der Waals surface area contributed by atoms with Crippen molar-refractivity contribution in [2.24, 2.45) is 0 Å². The molecule has 7 nitrogen and oxygen atoms in total. The first kappa shape index (κ1) is 18.3. The van der Waals surface area contributed by atoms with Gasteiger partial charge in [0.05, 0.1) is 27.9 Å². The van der Waals surface area contributed by atoms with Crippen molar-refractivity contribution in [2.45, 2.75) is 16.3 Å². The molecule has 0 aliphatic heterocycles. The number of sulfone groups is 1. The van der Waals surface area contributed by atoms with Crippen molar-refractivity contribution in [1.29, 1.82) is 0 Å². The Morgan fingerprint density at radius 3 is 2.57 bits per heavy atom. The molecule has 0 aliphatic rings. The van der Waals surface area contributed by atoms with Gasteiger partial charge in [-0.3, -0.25) is 4.79 Å². The van der Waals surface area contributed by atoms with E-state index in [-0.39, 0.29) is 21.9 Å². The van der Waals surface area contributed by atoms with Gasteiger partial charge in [0, 0.05) is 23.5 Å². The minimum absolute atomic E-state index is 0.128. The molecule has 8 heteroatoms. The first-order chi connectivity index (χ1) is 14.5. The van der Waals surface area contributed by atoms with Crippen LogP contribution in [-0.4, -0.2) is 27.6 Å². The summed E-state index contributed by atoms with van der Waals surface area (Å²) >= 11 is 0. The van der Waals surface area contributed by atoms with Crippen LogP contribution in [0.5, 0.6) is 0 Å². The fourth-order valence-electron chi connectivity index (χ4n) is 3.47. The normalized spacial score (nSPS) is 11.9. The van der Waals surface area contributed by atoms with Crippen LogP contribution >= 0.6 is 0 Å². The number of benzene rings is 2. The van der Waals surface area contributed by atoms with E-state index in [1.807, 2.05) is 28.8 Å². The van der Waals surface area contributed by atoms with Crippen molar-refractivity contribution in [3.05, 3.63) is 101 Å². The van der Waals surface area contributed by atoms with E-state index in [0.29, 0.717) is 10.8 Å². The van der Waals surface area contributed by atoms with Crippen LogP contribution in [0.2, 0.25) is 0 Å². The van der Waals surface area contributed by atoms with Crippen LogP contribution in [0.15, 0.2) is 99.9 Å². The van der Waals surface area contributed by atoms with Crippen molar-refractivity contribution in [2.75, 3.05) is 0 Å². The Labute approximate surface area is 171 Å². The van der Waals surface area contributed by atoms with Crippen LogP contribution in [-0.2, 0) is 16.4 Å². The molecule has 0 saturated carbocycles. The average molecular weight is 416 g/mol. The lowest BCUT2D eigenvalue weighted by Gasteiger charge is -2.09. The molecule has 0 N–H and O–H groups in total. The molecule has 3 heterocycles. The summed E-state index contributed by atoms with van der Waals surface area (Å²) in [5, 5.41) is 5.16. The molecular formula is C22H16N4O3S. The van der Waals surface area contributed by atoms with Gasteiger partial charge in [-0.1, -0.05) is 24.3 Å². The van der Waals surface area contributed by atoms with Crippen molar-refractivity contribution in [1.82, 2.24) is 19.2 Å². The predicted octanol–water partition coefficient (Wildman–Crippen LogP) is 2.93. The van der Waals surface area contributed by atoms with Crippen molar-refractivity contribution in [3.8, 4) is 0 Å². The monoisotopic (exact) mass is 416 g/mol. The Balaban J connectivity index is 1.57. The Kier molecular flexibility index (Phi) is 4.22. The van der Waals surface area contributed by atoms with E-state index < -0.39 is 9.84 Å².